The molecule has 0 spiro atoms. The smallest absolute Gasteiger partial charge is 0.170 e. The van der Waals surface area contributed by atoms with E-state index < -0.39 is 0 Å². The average Bonchev–Trinajstić information content (AvgIpc) is 2.92. The number of rotatable bonds is 3. The molecule has 0 aliphatic carbocycles. The average molecular weight is 283 g/mol. The van der Waals surface area contributed by atoms with Crippen LogP contribution in [0.4, 0.5) is 5.82 Å². The van der Waals surface area contributed by atoms with E-state index in [1.165, 1.54) is 6.33 Å². The SMILES string of the molecule is NC(=NO)c1ccc(Cn2cnc3c(N)ncnc32)cc1. The molecule has 8 nitrogen and oxygen atoms in total. The highest BCUT2D eigenvalue weighted by Gasteiger charge is 2.08. The lowest BCUT2D eigenvalue weighted by atomic mass is 10.1. The fraction of sp³-hybridized carbons (Fsp3) is 0.0769. The lowest BCUT2D eigenvalue weighted by Crippen LogP contribution is -2.12. The largest absolute Gasteiger partial charge is 0.409 e. The van der Waals surface area contributed by atoms with Crippen molar-refractivity contribution >= 4 is 22.8 Å². The summed E-state index contributed by atoms with van der Waals surface area (Å²) in [7, 11) is 0. The Morgan fingerprint density at radius 2 is 1.95 bits per heavy atom. The number of benzene rings is 1. The number of nitrogen functional groups attached to an aromatic ring is 1. The maximum Gasteiger partial charge on any atom is 0.170 e. The minimum absolute atomic E-state index is 0.0788. The van der Waals surface area contributed by atoms with Crippen molar-refractivity contribution < 1.29 is 5.21 Å². The van der Waals surface area contributed by atoms with Crippen LogP contribution >= 0.6 is 0 Å². The molecule has 0 atom stereocenters. The third-order valence-corrected chi connectivity index (χ3v) is 3.14. The van der Waals surface area contributed by atoms with E-state index in [2.05, 4.69) is 20.1 Å². The predicted octanol–water partition coefficient (Wildman–Crippen LogP) is 0.551. The normalized spacial score (nSPS) is 11.9. The van der Waals surface area contributed by atoms with Gasteiger partial charge in [0.2, 0.25) is 0 Å². The minimum atomic E-state index is 0.0788. The molecule has 8 heteroatoms. The van der Waals surface area contributed by atoms with Gasteiger partial charge in [-0.3, -0.25) is 0 Å². The number of anilines is 1. The number of aromatic nitrogens is 4. The van der Waals surface area contributed by atoms with Gasteiger partial charge in [0, 0.05) is 5.56 Å². The predicted molar refractivity (Wildman–Crippen MR) is 77.8 cm³/mol. The number of imidazole rings is 1. The van der Waals surface area contributed by atoms with E-state index in [1.54, 1.807) is 18.5 Å². The molecule has 3 rings (SSSR count). The van der Waals surface area contributed by atoms with Crippen LogP contribution in [0.5, 0.6) is 0 Å². The van der Waals surface area contributed by atoms with Gasteiger partial charge in [-0.1, -0.05) is 29.4 Å². The van der Waals surface area contributed by atoms with Crippen LogP contribution in [0, 0.1) is 0 Å². The van der Waals surface area contributed by atoms with Crippen LogP contribution in [0.3, 0.4) is 0 Å². The molecule has 2 aromatic heterocycles. The number of hydrogen-bond acceptors (Lipinski definition) is 6. The van der Waals surface area contributed by atoms with Crippen LogP contribution in [0.1, 0.15) is 11.1 Å². The second kappa shape index (κ2) is 5.08. The number of amidine groups is 1. The van der Waals surface area contributed by atoms with Crippen molar-refractivity contribution in [1.82, 2.24) is 19.5 Å². The van der Waals surface area contributed by atoms with Gasteiger partial charge in [0.1, 0.15) is 11.8 Å². The van der Waals surface area contributed by atoms with Crippen LogP contribution < -0.4 is 11.5 Å². The van der Waals surface area contributed by atoms with Gasteiger partial charge in [0.25, 0.3) is 0 Å². The van der Waals surface area contributed by atoms with Crippen molar-refractivity contribution in [3.8, 4) is 0 Å². The van der Waals surface area contributed by atoms with Crippen LogP contribution in [-0.2, 0) is 6.54 Å². The van der Waals surface area contributed by atoms with Crippen molar-refractivity contribution in [2.75, 3.05) is 5.73 Å². The number of nitrogens with zero attached hydrogens (tertiary/aromatic N) is 5. The van der Waals surface area contributed by atoms with Gasteiger partial charge in [-0.2, -0.15) is 0 Å². The van der Waals surface area contributed by atoms with E-state index >= 15 is 0 Å². The number of hydrogen-bond donors (Lipinski definition) is 3. The summed E-state index contributed by atoms with van der Waals surface area (Å²) >= 11 is 0. The molecular formula is C13H13N7O. The molecule has 0 aliphatic rings. The van der Waals surface area contributed by atoms with E-state index in [0.29, 0.717) is 29.1 Å². The van der Waals surface area contributed by atoms with Gasteiger partial charge in [0.15, 0.2) is 17.3 Å². The van der Waals surface area contributed by atoms with E-state index in [1.807, 2.05) is 16.7 Å². The van der Waals surface area contributed by atoms with Gasteiger partial charge in [0.05, 0.1) is 12.9 Å². The number of nitrogens with two attached hydrogens (primary N) is 2. The molecule has 0 saturated heterocycles. The molecule has 3 aromatic rings. The fourth-order valence-corrected chi connectivity index (χ4v) is 2.05. The third kappa shape index (κ3) is 2.34. The molecular weight excluding hydrogens is 270 g/mol. The van der Waals surface area contributed by atoms with Gasteiger partial charge < -0.3 is 21.2 Å². The monoisotopic (exact) mass is 283 g/mol. The van der Waals surface area contributed by atoms with Crippen molar-refractivity contribution in [1.29, 1.82) is 0 Å². The summed E-state index contributed by atoms with van der Waals surface area (Å²) in [6.07, 6.45) is 3.09. The van der Waals surface area contributed by atoms with E-state index in [-0.39, 0.29) is 5.84 Å². The second-order valence-electron chi connectivity index (χ2n) is 4.49. The lowest BCUT2D eigenvalue weighted by molar-refractivity contribution is 0.318. The zero-order chi connectivity index (χ0) is 14.8. The highest BCUT2D eigenvalue weighted by molar-refractivity contribution is 5.96. The Hall–Kier alpha value is -3.16. The van der Waals surface area contributed by atoms with Crippen molar-refractivity contribution in [3.63, 3.8) is 0 Å². The Morgan fingerprint density at radius 3 is 2.67 bits per heavy atom. The van der Waals surface area contributed by atoms with Crippen LogP contribution in [0.25, 0.3) is 11.2 Å². The summed E-state index contributed by atoms with van der Waals surface area (Å²) in [4.78, 5) is 12.3. The topological polar surface area (TPSA) is 128 Å². The zero-order valence-electron chi connectivity index (χ0n) is 11.0. The van der Waals surface area contributed by atoms with Crippen molar-refractivity contribution in [2.24, 2.45) is 10.9 Å². The van der Waals surface area contributed by atoms with Crippen molar-refractivity contribution in [2.45, 2.75) is 6.54 Å². The second-order valence-corrected chi connectivity index (χ2v) is 4.49. The Bertz CT molecular complexity index is 807. The summed E-state index contributed by atoms with van der Waals surface area (Å²) in [5, 5.41) is 11.6. The molecule has 0 fully saturated rings. The van der Waals surface area contributed by atoms with Crippen LogP contribution in [-0.4, -0.2) is 30.6 Å². The first-order chi connectivity index (χ1) is 10.2. The van der Waals surface area contributed by atoms with Gasteiger partial charge in [-0.05, 0) is 5.56 Å². The van der Waals surface area contributed by atoms with E-state index in [9.17, 15) is 0 Å². The zero-order valence-corrected chi connectivity index (χ0v) is 11.0. The number of fused-ring (bicyclic) bond motifs is 1. The summed E-state index contributed by atoms with van der Waals surface area (Å²) in [6.45, 7) is 0.587. The molecule has 0 radical (unpaired) electrons. The van der Waals surface area contributed by atoms with Gasteiger partial charge in [-0.15, -0.1) is 0 Å². The summed E-state index contributed by atoms with van der Waals surface area (Å²) < 4.78 is 1.88. The highest BCUT2D eigenvalue weighted by Crippen LogP contribution is 2.16. The van der Waals surface area contributed by atoms with Crippen LogP contribution in [0.2, 0.25) is 0 Å². The first kappa shape index (κ1) is 12.9. The van der Waals surface area contributed by atoms with Crippen LogP contribution in [0.15, 0.2) is 42.1 Å². The minimum Gasteiger partial charge on any atom is -0.409 e. The Balaban J connectivity index is 1.90. The maximum absolute atomic E-state index is 8.63. The molecule has 5 N–H and O–H groups in total. The molecule has 106 valence electrons. The summed E-state index contributed by atoms with van der Waals surface area (Å²) in [5.74, 6) is 0.441. The Labute approximate surface area is 119 Å². The van der Waals surface area contributed by atoms with Gasteiger partial charge in [-0.25, -0.2) is 15.0 Å². The summed E-state index contributed by atoms with van der Waals surface area (Å²) in [5.41, 5.74) is 14.2. The molecule has 0 bridgehead atoms. The summed E-state index contributed by atoms with van der Waals surface area (Å²) in [6, 6.07) is 7.35. The Kier molecular flexibility index (Phi) is 3.11. The molecule has 0 aliphatic heterocycles. The fourth-order valence-electron chi connectivity index (χ4n) is 2.05. The number of oxime groups is 1. The van der Waals surface area contributed by atoms with Crippen molar-refractivity contribution in [3.05, 3.63) is 48.0 Å². The first-order valence-corrected chi connectivity index (χ1v) is 6.17. The standard InChI is InChI=1S/C13H13N7O/c14-11(19-21)9-3-1-8(2-4-9)5-20-7-18-10-12(15)16-6-17-13(10)20/h1-4,6-7,21H,5H2,(H2,14,19)(H2,15,16,17). The molecule has 0 amide bonds. The highest BCUT2D eigenvalue weighted by atomic mass is 16.4. The molecule has 2 heterocycles. The Morgan fingerprint density at radius 1 is 1.19 bits per heavy atom. The quantitative estimate of drug-likeness (QED) is 0.279. The van der Waals surface area contributed by atoms with E-state index in [4.69, 9.17) is 16.7 Å². The third-order valence-electron chi connectivity index (χ3n) is 3.14. The molecule has 21 heavy (non-hydrogen) atoms. The van der Waals surface area contributed by atoms with Gasteiger partial charge >= 0.3 is 0 Å². The first-order valence-electron chi connectivity index (χ1n) is 6.17. The lowest BCUT2D eigenvalue weighted by Gasteiger charge is -2.05. The molecule has 1 aromatic carbocycles. The van der Waals surface area contributed by atoms with E-state index in [0.717, 1.165) is 5.56 Å². The molecule has 0 saturated carbocycles. The molecule has 0 unspecified atom stereocenters. The maximum atomic E-state index is 8.63.